The van der Waals surface area contributed by atoms with E-state index in [0.29, 0.717) is 10.2 Å². The lowest BCUT2D eigenvalue weighted by Gasteiger charge is -2.09. The van der Waals surface area contributed by atoms with Crippen LogP contribution in [0.3, 0.4) is 0 Å². The summed E-state index contributed by atoms with van der Waals surface area (Å²) < 4.78 is 18.8. The Kier molecular flexibility index (Phi) is 3.94. The van der Waals surface area contributed by atoms with Crippen molar-refractivity contribution in [3.8, 4) is 11.6 Å². The molecule has 0 fully saturated rings. The Labute approximate surface area is 121 Å². The predicted molar refractivity (Wildman–Crippen MR) is 72.8 cm³/mol. The van der Waals surface area contributed by atoms with E-state index in [4.69, 9.17) is 33.7 Å². The lowest BCUT2D eigenvalue weighted by Crippen LogP contribution is -1.96. The van der Waals surface area contributed by atoms with E-state index in [1.54, 1.807) is 0 Å². The molecule has 2 N–H and O–H groups in total. The number of aromatic nitrogens is 1. The van der Waals surface area contributed by atoms with E-state index in [1.165, 1.54) is 24.3 Å². The summed E-state index contributed by atoms with van der Waals surface area (Å²) in [5.41, 5.74) is 5.55. The fourth-order valence-corrected chi connectivity index (χ4v) is 2.03. The maximum Gasteiger partial charge on any atom is 0.240 e. The monoisotopic (exact) mass is 350 g/mol. The summed E-state index contributed by atoms with van der Waals surface area (Å²) >= 11 is 14.8. The van der Waals surface area contributed by atoms with Crippen LogP contribution in [-0.4, -0.2) is 4.98 Å². The number of benzene rings is 1. The van der Waals surface area contributed by atoms with Crippen LogP contribution in [0.1, 0.15) is 0 Å². The molecule has 0 saturated heterocycles. The fourth-order valence-electron chi connectivity index (χ4n) is 1.20. The van der Waals surface area contributed by atoms with Crippen molar-refractivity contribution in [3.63, 3.8) is 0 Å². The Morgan fingerprint density at radius 2 is 1.94 bits per heavy atom. The van der Waals surface area contributed by atoms with Crippen molar-refractivity contribution in [1.82, 2.24) is 4.98 Å². The van der Waals surface area contributed by atoms with E-state index in [9.17, 15) is 4.39 Å². The molecule has 0 saturated carbocycles. The number of nitrogen functional groups attached to an aromatic ring is 1. The zero-order valence-electron chi connectivity index (χ0n) is 8.75. The van der Waals surface area contributed by atoms with E-state index >= 15 is 0 Å². The number of anilines is 1. The molecule has 0 aliphatic heterocycles. The summed E-state index contributed by atoms with van der Waals surface area (Å²) in [7, 11) is 0. The van der Waals surface area contributed by atoms with Crippen LogP contribution in [0.25, 0.3) is 0 Å². The fraction of sp³-hybridized carbons (Fsp3) is 0. The van der Waals surface area contributed by atoms with Gasteiger partial charge in [-0.15, -0.1) is 0 Å². The van der Waals surface area contributed by atoms with Crippen molar-refractivity contribution >= 4 is 44.9 Å². The molecule has 3 nitrogen and oxygen atoms in total. The minimum absolute atomic E-state index is 0.103. The zero-order valence-corrected chi connectivity index (χ0v) is 11.9. The molecular formula is C11H6BrCl2FN2O. The third-order valence-electron chi connectivity index (χ3n) is 2.03. The first-order valence-electron chi connectivity index (χ1n) is 4.72. The first-order chi connectivity index (χ1) is 8.47. The smallest absolute Gasteiger partial charge is 0.240 e. The van der Waals surface area contributed by atoms with Gasteiger partial charge in [0.2, 0.25) is 5.88 Å². The highest BCUT2D eigenvalue weighted by Crippen LogP contribution is 2.35. The van der Waals surface area contributed by atoms with E-state index in [2.05, 4.69) is 20.9 Å². The molecular weight excluding hydrogens is 346 g/mol. The van der Waals surface area contributed by atoms with Crippen LogP contribution in [0.2, 0.25) is 10.0 Å². The number of hydrogen-bond donors (Lipinski definition) is 1. The number of nitrogens with zero attached hydrogens (tertiary/aromatic N) is 1. The summed E-state index contributed by atoms with van der Waals surface area (Å²) in [4.78, 5) is 3.91. The Hall–Kier alpha value is -1.04. The second kappa shape index (κ2) is 5.30. The van der Waals surface area contributed by atoms with Gasteiger partial charge in [0.1, 0.15) is 22.4 Å². The lowest BCUT2D eigenvalue weighted by molar-refractivity contribution is 0.459. The molecule has 2 rings (SSSR count). The predicted octanol–water partition coefficient (Wildman–Crippen LogP) is 4.66. The molecule has 7 heteroatoms. The van der Waals surface area contributed by atoms with Gasteiger partial charge in [-0.1, -0.05) is 23.2 Å². The highest BCUT2D eigenvalue weighted by molar-refractivity contribution is 9.10. The van der Waals surface area contributed by atoms with Crippen molar-refractivity contribution in [2.75, 3.05) is 5.73 Å². The van der Waals surface area contributed by atoms with Gasteiger partial charge in [-0.2, -0.15) is 4.98 Å². The zero-order chi connectivity index (χ0) is 13.3. The van der Waals surface area contributed by atoms with Crippen molar-refractivity contribution in [3.05, 3.63) is 44.6 Å². The number of nitrogens with two attached hydrogens (primary N) is 1. The van der Waals surface area contributed by atoms with E-state index in [1.807, 2.05) is 0 Å². The number of rotatable bonds is 2. The quantitative estimate of drug-likeness (QED) is 0.855. The molecule has 0 aliphatic rings. The molecule has 0 spiro atoms. The Morgan fingerprint density at radius 3 is 2.61 bits per heavy atom. The molecule has 1 heterocycles. The highest BCUT2D eigenvalue weighted by atomic mass is 79.9. The molecule has 0 amide bonds. The Balaban J connectivity index is 2.37. The summed E-state index contributed by atoms with van der Waals surface area (Å²) in [5.74, 6) is 0.191. The van der Waals surface area contributed by atoms with Gasteiger partial charge in [0, 0.05) is 0 Å². The van der Waals surface area contributed by atoms with Crippen LogP contribution in [0, 0.1) is 5.82 Å². The molecule has 18 heavy (non-hydrogen) atoms. The summed E-state index contributed by atoms with van der Waals surface area (Å²) in [6, 6.07) is 5.40. The summed E-state index contributed by atoms with van der Waals surface area (Å²) in [5, 5.41) is 0.455. The maximum absolute atomic E-state index is 12.9. The molecule has 0 bridgehead atoms. The van der Waals surface area contributed by atoms with Crippen molar-refractivity contribution in [2.45, 2.75) is 0 Å². The van der Waals surface area contributed by atoms with Gasteiger partial charge in [-0.3, -0.25) is 0 Å². The van der Waals surface area contributed by atoms with Gasteiger partial charge < -0.3 is 10.5 Å². The second-order valence-corrected chi connectivity index (χ2v) is 4.99. The van der Waals surface area contributed by atoms with Crippen molar-refractivity contribution in [2.24, 2.45) is 0 Å². The van der Waals surface area contributed by atoms with Crippen molar-refractivity contribution < 1.29 is 9.13 Å². The molecule has 0 unspecified atom stereocenters. The SMILES string of the molecule is Nc1nc(Oc2ccc(F)cc2Br)c(Cl)cc1Cl. The first kappa shape index (κ1) is 13.4. The molecule has 1 aromatic carbocycles. The van der Waals surface area contributed by atoms with Gasteiger partial charge in [0.25, 0.3) is 0 Å². The van der Waals surface area contributed by atoms with Crippen molar-refractivity contribution in [1.29, 1.82) is 0 Å². The molecule has 0 radical (unpaired) electrons. The van der Waals surface area contributed by atoms with Gasteiger partial charge in [-0.05, 0) is 40.2 Å². The van der Waals surface area contributed by atoms with E-state index < -0.39 is 0 Å². The first-order valence-corrected chi connectivity index (χ1v) is 6.26. The van der Waals surface area contributed by atoms with Gasteiger partial charge in [0.05, 0.1) is 9.50 Å². The van der Waals surface area contributed by atoms with Gasteiger partial charge in [0.15, 0.2) is 0 Å². The molecule has 2 aromatic rings. The lowest BCUT2D eigenvalue weighted by atomic mass is 10.3. The Morgan fingerprint density at radius 1 is 1.22 bits per heavy atom. The average Bonchev–Trinajstić information content (AvgIpc) is 2.29. The number of hydrogen-bond acceptors (Lipinski definition) is 3. The number of halogens is 4. The summed E-state index contributed by atoms with van der Waals surface area (Å²) in [6.45, 7) is 0. The minimum atomic E-state index is -0.385. The summed E-state index contributed by atoms with van der Waals surface area (Å²) in [6.07, 6.45) is 0. The number of ether oxygens (including phenoxy) is 1. The molecule has 94 valence electrons. The van der Waals surface area contributed by atoms with Crippen LogP contribution < -0.4 is 10.5 Å². The topological polar surface area (TPSA) is 48.1 Å². The van der Waals surface area contributed by atoms with Crippen LogP contribution in [0.4, 0.5) is 10.2 Å². The maximum atomic E-state index is 12.9. The average molecular weight is 352 g/mol. The molecule has 1 aromatic heterocycles. The van der Waals surface area contributed by atoms with Crippen LogP contribution in [0.5, 0.6) is 11.6 Å². The minimum Gasteiger partial charge on any atom is -0.436 e. The van der Waals surface area contributed by atoms with E-state index in [-0.39, 0.29) is 27.6 Å². The second-order valence-electron chi connectivity index (χ2n) is 3.32. The van der Waals surface area contributed by atoms with E-state index in [0.717, 1.165) is 0 Å². The van der Waals surface area contributed by atoms with Crippen LogP contribution >= 0.6 is 39.1 Å². The van der Waals surface area contributed by atoms with Crippen LogP contribution in [0.15, 0.2) is 28.7 Å². The highest BCUT2D eigenvalue weighted by Gasteiger charge is 2.11. The number of pyridine rings is 1. The van der Waals surface area contributed by atoms with Crippen LogP contribution in [-0.2, 0) is 0 Å². The van der Waals surface area contributed by atoms with Gasteiger partial charge in [-0.25, -0.2) is 4.39 Å². The third kappa shape index (κ3) is 2.85. The third-order valence-corrected chi connectivity index (χ3v) is 3.22. The van der Waals surface area contributed by atoms with Gasteiger partial charge >= 0.3 is 0 Å². The normalized spacial score (nSPS) is 10.4. The standard InChI is InChI=1S/C11H6BrCl2FN2O/c12-6-3-5(15)1-2-9(6)18-11-8(14)4-7(13)10(16)17-11/h1-4H,(H2,16,17). The largest absolute Gasteiger partial charge is 0.436 e. The molecule has 0 atom stereocenters. The Bertz CT molecular complexity index is 610. The molecule has 0 aliphatic carbocycles.